The van der Waals surface area contributed by atoms with Gasteiger partial charge in [0.05, 0.1) is 0 Å². The highest BCUT2D eigenvalue weighted by atomic mass is 15.1. The Kier molecular flexibility index (Phi) is 3.80. The van der Waals surface area contributed by atoms with Crippen molar-refractivity contribution >= 4 is 0 Å². The molecule has 0 atom stereocenters. The Hall–Kier alpha value is -0.300. The third kappa shape index (κ3) is 2.63. The van der Waals surface area contributed by atoms with Crippen molar-refractivity contribution in [1.29, 1.82) is 0 Å². The first-order valence-electron chi connectivity index (χ1n) is 5.03. The van der Waals surface area contributed by atoms with Gasteiger partial charge < -0.3 is 4.90 Å². The van der Waals surface area contributed by atoms with Gasteiger partial charge in [0.2, 0.25) is 0 Å². The van der Waals surface area contributed by atoms with Crippen molar-refractivity contribution in [2.45, 2.75) is 38.6 Å². The molecule has 0 radical (unpaired) electrons. The summed E-state index contributed by atoms with van der Waals surface area (Å²) >= 11 is 0. The molecule has 0 heterocycles. The van der Waals surface area contributed by atoms with Gasteiger partial charge in [-0.25, -0.2) is 0 Å². The smallest absolute Gasteiger partial charge is 0.00895 e. The minimum Gasteiger partial charge on any atom is -0.306 e. The van der Waals surface area contributed by atoms with Crippen LogP contribution in [0.15, 0.2) is 12.2 Å². The van der Waals surface area contributed by atoms with Gasteiger partial charge in [-0.2, -0.15) is 0 Å². The van der Waals surface area contributed by atoms with Crippen LogP contribution >= 0.6 is 0 Å². The van der Waals surface area contributed by atoms with Crippen LogP contribution in [0.2, 0.25) is 0 Å². The largest absolute Gasteiger partial charge is 0.306 e. The van der Waals surface area contributed by atoms with E-state index in [1.54, 1.807) is 0 Å². The van der Waals surface area contributed by atoms with E-state index in [9.17, 15) is 0 Å². The van der Waals surface area contributed by atoms with Crippen molar-refractivity contribution in [3.8, 4) is 0 Å². The number of hydrogen-bond donors (Lipinski definition) is 0. The van der Waals surface area contributed by atoms with Crippen molar-refractivity contribution in [3.05, 3.63) is 12.2 Å². The van der Waals surface area contributed by atoms with Crippen molar-refractivity contribution < 1.29 is 0 Å². The maximum Gasteiger partial charge on any atom is 0.00895 e. The lowest BCUT2D eigenvalue weighted by Gasteiger charge is -2.31. The van der Waals surface area contributed by atoms with Gasteiger partial charge in [-0.3, -0.25) is 0 Å². The Labute approximate surface area is 76.5 Å². The molecule has 0 aromatic rings. The second-order valence-electron chi connectivity index (χ2n) is 4.06. The van der Waals surface area contributed by atoms with E-state index >= 15 is 0 Å². The third-order valence-corrected chi connectivity index (χ3v) is 2.94. The zero-order valence-electron chi connectivity index (χ0n) is 8.59. The van der Waals surface area contributed by atoms with Gasteiger partial charge in [-0.15, -0.1) is 0 Å². The molecule has 0 N–H and O–H groups in total. The SMILES string of the molecule is CC=CC1CCC(N(C)C)CC1. The molecule has 1 saturated carbocycles. The number of rotatable bonds is 2. The lowest BCUT2D eigenvalue weighted by molar-refractivity contribution is 0.209. The van der Waals surface area contributed by atoms with E-state index in [2.05, 4.69) is 38.1 Å². The summed E-state index contributed by atoms with van der Waals surface area (Å²) in [5.74, 6) is 0.867. The molecule has 0 aromatic carbocycles. The maximum absolute atomic E-state index is 2.37. The van der Waals surface area contributed by atoms with Crippen LogP contribution < -0.4 is 0 Å². The zero-order chi connectivity index (χ0) is 8.97. The molecule has 0 spiro atoms. The summed E-state index contributed by atoms with van der Waals surface area (Å²) in [6, 6.07) is 0.839. The van der Waals surface area contributed by atoms with Crippen molar-refractivity contribution in [3.63, 3.8) is 0 Å². The van der Waals surface area contributed by atoms with Crippen LogP contribution in [0.25, 0.3) is 0 Å². The minimum atomic E-state index is 0.839. The maximum atomic E-state index is 2.37. The van der Waals surface area contributed by atoms with E-state index in [0.29, 0.717) is 0 Å². The van der Waals surface area contributed by atoms with Crippen LogP contribution in [0.3, 0.4) is 0 Å². The van der Waals surface area contributed by atoms with Crippen molar-refractivity contribution in [2.75, 3.05) is 14.1 Å². The highest BCUT2D eigenvalue weighted by Crippen LogP contribution is 2.27. The number of hydrogen-bond acceptors (Lipinski definition) is 1. The molecular formula is C11H21N. The molecule has 0 unspecified atom stereocenters. The van der Waals surface area contributed by atoms with E-state index in [4.69, 9.17) is 0 Å². The summed E-state index contributed by atoms with van der Waals surface area (Å²) in [5, 5.41) is 0. The monoisotopic (exact) mass is 167 g/mol. The number of nitrogens with zero attached hydrogens (tertiary/aromatic N) is 1. The van der Waals surface area contributed by atoms with Crippen LogP contribution in [0, 0.1) is 5.92 Å². The molecule has 1 aliphatic carbocycles. The molecule has 12 heavy (non-hydrogen) atoms. The minimum absolute atomic E-state index is 0.839. The summed E-state index contributed by atoms with van der Waals surface area (Å²) in [7, 11) is 4.39. The molecule has 1 fully saturated rings. The normalized spacial score (nSPS) is 31.7. The van der Waals surface area contributed by atoms with E-state index in [0.717, 1.165) is 12.0 Å². The quantitative estimate of drug-likeness (QED) is 0.572. The first kappa shape index (κ1) is 9.79. The fraction of sp³-hybridized carbons (Fsp3) is 0.818. The van der Waals surface area contributed by atoms with Gasteiger partial charge >= 0.3 is 0 Å². The highest BCUT2D eigenvalue weighted by Gasteiger charge is 2.20. The third-order valence-electron chi connectivity index (χ3n) is 2.94. The number of allylic oxidation sites excluding steroid dienone is 2. The molecule has 1 heteroatoms. The Morgan fingerprint density at radius 1 is 1.08 bits per heavy atom. The van der Waals surface area contributed by atoms with Gasteiger partial charge in [0.15, 0.2) is 0 Å². The fourth-order valence-electron chi connectivity index (χ4n) is 2.08. The van der Waals surface area contributed by atoms with Gasteiger partial charge in [0.1, 0.15) is 0 Å². The standard InChI is InChI=1S/C11H21N/c1-4-5-10-6-8-11(9-7-10)12(2)3/h4-5,10-11H,6-9H2,1-3H3. The van der Waals surface area contributed by atoms with Gasteiger partial charge in [-0.1, -0.05) is 12.2 Å². The van der Waals surface area contributed by atoms with Crippen molar-refractivity contribution in [1.82, 2.24) is 4.90 Å². The molecular weight excluding hydrogens is 146 g/mol. The predicted octanol–water partition coefficient (Wildman–Crippen LogP) is 2.68. The van der Waals surface area contributed by atoms with E-state index in [1.807, 2.05) is 0 Å². The van der Waals surface area contributed by atoms with Crippen molar-refractivity contribution in [2.24, 2.45) is 5.92 Å². The molecule has 0 aliphatic heterocycles. The summed E-state index contributed by atoms with van der Waals surface area (Å²) < 4.78 is 0. The lowest BCUT2D eigenvalue weighted by atomic mass is 9.85. The summed E-state index contributed by atoms with van der Waals surface area (Å²) in [5.41, 5.74) is 0. The van der Waals surface area contributed by atoms with E-state index in [1.165, 1.54) is 25.7 Å². The molecule has 70 valence electrons. The van der Waals surface area contributed by atoms with Crippen LogP contribution in [-0.2, 0) is 0 Å². The second kappa shape index (κ2) is 4.66. The molecule has 1 aliphatic rings. The van der Waals surface area contributed by atoms with E-state index < -0.39 is 0 Å². The average Bonchev–Trinajstić information content (AvgIpc) is 2.06. The molecule has 0 bridgehead atoms. The zero-order valence-corrected chi connectivity index (χ0v) is 8.59. The average molecular weight is 167 g/mol. The molecule has 0 saturated heterocycles. The Bertz CT molecular complexity index is 141. The summed E-state index contributed by atoms with van der Waals surface area (Å²) in [4.78, 5) is 2.37. The first-order chi connectivity index (χ1) is 5.74. The predicted molar refractivity (Wildman–Crippen MR) is 54.2 cm³/mol. The van der Waals surface area contributed by atoms with Gasteiger partial charge in [-0.05, 0) is 52.6 Å². The Balaban J connectivity index is 2.29. The van der Waals surface area contributed by atoms with Gasteiger partial charge in [0, 0.05) is 6.04 Å². The van der Waals surface area contributed by atoms with Crippen LogP contribution in [-0.4, -0.2) is 25.0 Å². The highest BCUT2D eigenvalue weighted by molar-refractivity contribution is 4.90. The molecule has 1 nitrogen and oxygen atoms in total. The van der Waals surface area contributed by atoms with Crippen LogP contribution in [0.5, 0.6) is 0 Å². The van der Waals surface area contributed by atoms with Crippen LogP contribution in [0.1, 0.15) is 32.6 Å². The molecule has 0 aromatic heterocycles. The summed E-state index contributed by atoms with van der Waals surface area (Å²) in [6.45, 7) is 2.12. The lowest BCUT2D eigenvalue weighted by Crippen LogP contribution is -2.31. The topological polar surface area (TPSA) is 3.24 Å². The molecule has 1 rings (SSSR count). The second-order valence-corrected chi connectivity index (χ2v) is 4.06. The Morgan fingerprint density at radius 2 is 1.67 bits per heavy atom. The fourth-order valence-corrected chi connectivity index (χ4v) is 2.08. The summed E-state index contributed by atoms with van der Waals surface area (Å²) in [6.07, 6.45) is 10.1. The Morgan fingerprint density at radius 3 is 2.08 bits per heavy atom. The van der Waals surface area contributed by atoms with E-state index in [-0.39, 0.29) is 0 Å². The van der Waals surface area contributed by atoms with Crippen LogP contribution in [0.4, 0.5) is 0 Å². The van der Waals surface area contributed by atoms with Gasteiger partial charge in [0.25, 0.3) is 0 Å². The first-order valence-corrected chi connectivity index (χ1v) is 5.03. The molecule has 0 amide bonds.